The fraction of sp³-hybridized carbons (Fsp3) is 0.412. The molecule has 116 valence electrons. The molecule has 0 bridgehead atoms. The van der Waals surface area contributed by atoms with Crippen molar-refractivity contribution in [3.8, 4) is 11.3 Å². The molecule has 0 aliphatic carbocycles. The van der Waals surface area contributed by atoms with Crippen molar-refractivity contribution >= 4 is 0 Å². The Balaban J connectivity index is 1.89. The lowest BCUT2D eigenvalue weighted by Crippen LogP contribution is -2.46. The quantitative estimate of drug-likeness (QED) is 0.897. The molecule has 2 N–H and O–H groups in total. The Kier molecular flexibility index (Phi) is 4.09. The number of hydrogen-bond donors (Lipinski definition) is 2. The van der Waals surface area contributed by atoms with Crippen LogP contribution in [-0.2, 0) is 6.54 Å². The van der Waals surface area contributed by atoms with Gasteiger partial charge in [-0.2, -0.15) is 5.10 Å². The SMILES string of the molecule is Cc1ccc(-c2ccc(=O)n(CC3(O)CCNCC3)n2)cc1. The van der Waals surface area contributed by atoms with Gasteiger partial charge in [0.25, 0.3) is 5.56 Å². The zero-order chi connectivity index (χ0) is 15.6. The molecule has 2 aromatic rings. The molecule has 1 aromatic carbocycles. The van der Waals surface area contributed by atoms with Crippen LogP contribution < -0.4 is 10.9 Å². The average molecular weight is 299 g/mol. The van der Waals surface area contributed by atoms with Crippen LogP contribution >= 0.6 is 0 Å². The van der Waals surface area contributed by atoms with E-state index in [0.29, 0.717) is 12.8 Å². The van der Waals surface area contributed by atoms with Crippen molar-refractivity contribution < 1.29 is 5.11 Å². The van der Waals surface area contributed by atoms with Gasteiger partial charge in [0.15, 0.2) is 0 Å². The maximum atomic E-state index is 12.0. The summed E-state index contributed by atoms with van der Waals surface area (Å²) in [7, 11) is 0. The van der Waals surface area contributed by atoms with Gasteiger partial charge in [0.1, 0.15) is 0 Å². The molecule has 5 nitrogen and oxygen atoms in total. The van der Waals surface area contributed by atoms with E-state index in [-0.39, 0.29) is 12.1 Å². The molecule has 0 atom stereocenters. The topological polar surface area (TPSA) is 67.2 Å². The molecular weight excluding hydrogens is 278 g/mol. The van der Waals surface area contributed by atoms with Gasteiger partial charge in [-0.05, 0) is 38.9 Å². The fourth-order valence-electron chi connectivity index (χ4n) is 2.77. The smallest absolute Gasteiger partial charge is 0.266 e. The maximum Gasteiger partial charge on any atom is 0.266 e. The van der Waals surface area contributed by atoms with E-state index in [9.17, 15) is 9.90 Å². The van der Waals surface area contributed by atoms with Crippen molar-refractivity contribution in [2.24, 2.45) is 0 Å². The van der Waals surface area contributed by atoms with E-state index in [1.54, 1.807) is 6.07 Å². The third-order valence-corrected chi connectivity index (χ3v) is 4.19. The predicted octanol–water partition coefficient (Wildman–Crippen LogP) is 1.33. The number of aliphatic hydroxyl groups is 1. The molecule has 1 aromatic heterocycles. The highest BCUT2D eigenvalue weighted by molar-refractivity contribution is 5.58. The minimum Gasteiger partial charge on any atom is -0.388 e. The second-order valence-corrected chi connectivity index (χ2v) is 6.05. The summed E-state index contributed by atoms with van der Waals surface area (Å²) in [5.41, 5.74) is 1.87. The van der Waals surface area contributed by atoms with Crippen molar-refractivity contribution in [2.75, 3.05) is 13.1 Å². The lowest BCUT2D eigenvalue weighted by Gasteiger charge is -2.32. The third-order valence-electron chi connectivity index (χ3n) is 4.19. The van der Waals surface area contributed by atoms with Crippen LogP contribution in [0.25, 0.3) is 11.3 Å². The molecule has 0 unspecified atom stereocenters. The zero-order valence-electron chi connectivity index (χ0n) is 12.7. The van der Waals surface area contributed by atoms with Crippen LogP contribution in [0.4, 0.5) is 0 Å². The van der Waals surface area contributed by atoms with E-state index in [0.717, 1.165) is 24.3 Å². The van der Waals surface area contributed by atoms with Crippen molar-refractivity contribution in [3.63, 3.8) is 0 Å². The normalized spacial score (nSPS) is 17.4. The highest BCUT2D eigenvalue weighted by Gasteiger charge is 2.30. The molecule has 1 saturated heterocycles. The van der Waals surface area contributed by atoms with Gasteiger partial charge in [-0.3, -0.25) is 4.79 Å². The standard InChI is InChI=1S/C17H21N3O2/c1-13-2-4-14(5-3-13)15-6-7-16(21)20(19-15)12-17(22)8-10-18-11-9-17/h2-7,18,22H,8-12H2,1H3. The van der Waals surface area contributed by atoms with Crippen LogP contribution in [0.3, 0.4) is 0 Å². The monoisotopic (exact) mass is 299 g/mol. The molecular formula is C17H21N3O2. The molecule has 22 heavy (non-hydrogen) atoms. The molecule has 3 rings (SSSR count). The number of benzene rings is 1. The number of aryl methyl sites for hydroxylation is 1. The van der Waals surface area contributed by atoms with E-state index in [1.807, 2.05) is 31.2 Å². The lowest BCUT2D eigenvalue weighted by molar-refractivity contribution is -0.00934. The van der Waals surface area contributed by atoms with Gasteiger partial charge in [-0.15, -0.1) is 0 Å². The fourth-order valence-corrected chi connectivity index (χ4v) is 2.77. The highest BCUT2D eigenvalue weighted by Crippen LogP contribution is 2.20. The summed E-state index contributed by atoms with van der Waals surface area (Å²) in [6.45, 7) is 3.81. The maximum absolute atomic E-state index is 12.0. The number of nitrogens with one attached hydrogen (secondary N) is 1. The molecule has 5 heteroatoms. The minimum atomic E-state index is -0.853. The largest absolute Gasteiger partial charge is 0.388 e. The van der Waals surface area contributed by atoms with Crippen molar-refractivity contribution in [1.29, 1.82) is 0 Å². The summed E-state index contributed by atoms with van der Waals surface area (Å²) in [5.74, 6) is 0. The summed E-state index contributed by atoms with van der Waals surface area (Å²) in [6, 6.07) is 11.3. The van der Waals surface area contributed by atoms with Gasteiger partial charge in [0, 0.05) is 11.6 Å². The van der Waals surface area contributed by atoms with E-state index in [2.05, 4.69) is 10.4 Å². The molecule has 0 radical (unpaired) electrons. The van der Waals surface area contributed by atoms with Gasteiger partial charge in [-0.25, -0.2) is 4.68 Å². The Morgan fingerprint density at radius 3 is 2.55 bits per heavy atom. The average Bonchev–Trinajstić information content (AvgIpc) is 2.51. The van der Waals surface area contributed by atoms with Gasteiger partial charge < -0.3 is 10.4 Å². The molecule has 1 fully saturated rings. The van der Waals surface area contributed by atoms with Crippen molar-refractivity contribution in [2.45, 2.75) is 31.9 Å². The second kappa shape index (κ2) is 6.02. The third kappa shape index (κ3) is 3.26. The molecule has 0 saturated carbocycles. The number of hydrogen-bond acceptors (Lipinski definition) is 4. The molecule has 0 amide bonds. The van der Waals surface area contributed by atoms with Crippen LogP contribution in [0.2, 0.25) is 0 Å². The summed E-state index contributed by atoms with van der Waals surface area (Å²) >= 11 is 0. The van der Waals surface area contributed by atoms with Crippen molar-refractivity contribution in [1.82, 2.24) is 15.1 Å². The Morgan fingerprint density at radius 2 is 1.86 bits per heavy atom. The van der Waals surface area contributed by atoms with E-state index in [1.165, 1.54) is 16.3 Å². The van der Waals surface area contributed by atoms with Gasteiger partial charge in [-0.1, -0.05) is 29.8 Å². The zero-order valence-corrected chi connectivity index (χ0v) is 12.7. The lowest BCUT2D eigenvalue weighted by atomic mass is 9.92. The Labute approximate surface area is 129 Å². The number of nitrogens with zero attached hydrogens (tertiary/aromatic N) is 2. The predicted molar refractivity (Wildman–Crippen MR) is 85.7 cm³/mol. The van der Waals surface area contributed by atoms with E-state index in [4.69, 9.17) is 0 Å². The van der Waals surface area contributed by atoms with Crippen molar-refractivity contribution in [3.05, 3.63) is 52.3 Å². The summed E-state index contributed by atoms with van der Waals surface area (Å²) in [6.07, 6.45) is 1.27. The van der Waals surface area contributed by atoms with Crippen LogP contribution in [0.1, 0.15) is 18.4 Å². The summed E-state index contributed by atoms with van der Waals surface area (Å²) < 4.78 is 1.39. The first-order valence-electron chi connectivity index (χ1n) is 7.64. The summed E-state index contributed by atoms with van der Waals surface area (Å²) in [4.78, 5) is 12.0. The first-order valence-corrected chi connectivity index (χ1v) is 7.64. The van der Waals surface area contributed by atoms with Crippen LogP contribution in [0, 0.1) is 6.92 Å². The van der Waals surface area contributed by atoms with Crippen LogP contribution in [0.15, 0.2) is 41.2 Å². The molecule has 0 spiro atoms. The Morgan fingerprint density at radius 1 is 1.18 bits per heavy atom. The van der Waals surface area contributed by atoms with E-state index < -0.39 is 5.60 Å². The number of piperidine rings is 1. The molecule has 1 aliphatic heterocycles. The Hall–Kier alpha value is -1.98. The highest BCUT2D eigenvalue weighted by atomic mass is 16.3. The van der Waals surface area contributed by atoms with Gasteiger partial charge in [0.05, 0.1) is 17.8 Å². The van der Waals surface area contributed by atoms with Gasteiger partial charge in [0.2, 0.25) is 0 Å². The second-order valence-electron chi connectivity index (χ2n) is 6.05. The molecule has 2 heterocycles. The summed E-state index contributed by atoms with van der Waals surface area (Å²) in [5, 5.41) is 18.3. The van der Waals surface area contributed by atoms with Gasteiger partial charge >= 0.3 is 0 Å². The number of rotatable bonds is 3. The van der Waals surface area contributed by atoms with Crippen LogP contribution in [0.5, 0.6) is 0 Å². The van der Waals surface area contributed by atoms with E-state index >= 15 is 0 Å². The van der Waals surface area contributed by atoms with Crippen LogP contribution in [-0.4, -0.2) is 33.6 Å². The first-order chi connectivity index (χ1) is 10.6. The Bertz CT molecular complexity index is 701. The number of aromatic nitrogens is 2. The minimum absolute atomic E-state index is 0.178. The first kappa shape index (κ1) is 14.9. The molecule has 1 aliphatic rings.